The standard InChI is InChI=1S/C13H18BrFN2O3S/c1-8(18)9-2-4-17(5-3-9)21(19,20)13-6-10(14)11(15)7-12(13)16/h6-9,18H,2-5,16H2,1H3. The average molecular weight is 381 g/mol. The number of aliphatic hydroxyl groups is 1. The van der Waals surface area contributed by atoms with E-state index in [1.165, 1.54) is 10.4 Å². The Morgan fingerprint density at radius 2 is 2.00 bits per heavy atom. The summed E-state index contributed by atoms with van der Waals surface area (Å²) < 4.78 is 39.9. The zero-order chi connectivity index (χ0) is 15.8. The van der Waals surface area contributed by atoms with Crippen LogP contribution in [0.1, 0.15) is 19.8 Å². The molecule has 118 valence electrons. The van der Waals surface area contributed by atoms with Gasteiger partial charge in [0, 0.05) is 13.1 Å². The van der Waals surface area contributed by atoms with Crippen molar-refractivity contribution < 1.29 is 17.9 Å². The number of hydrogen-bond donors (Lipinski definition) is 2. The van der Waals surface area contributed by atoms with Gasteiger partial charge >= 0.3 is 0 Å². The van der Waals surface area contributed by atoms with Crippen LogP contribution in [-0.2, 0) is 10.0 Å². The number of anilines is 1. The molecule has 0 bridgehead atoms. The molecule has 1 aromatic rings. The van der Waals surface area contributed by atoms with Crippen molar-refractivity contribution in [2.75, 3.05) is 18.8 Å². The van der Waals surface area contributed by atoms with Crippen LogP contribution >= 0.6 is 15.9 Å². The molecule has 1 heterocycles. The summed E-state index contributed by atoms with van der Waals surface area (Å²) in [6.07, 6.45) is 0.748. The van der Waals surface area contributed by atoms with Crippen LogP contribution in [0.3, 0.4) is 0 Å². The van der Waals surface area contributed by atoms with Gasteiger partial charge in [-0.05, 0) is 53.7 Å². The molecule has 8 heteroatoms. The van der Waals surface area contributed by atoms with Crippen LogP contribution in [0.5, 0.6) is 0 Å². The first kappa shape index (κ1) is 16.7. The number of sulfonamides is 1. The van der Waals surface area contributed by atoms with E-state index in [-0.39, 0.29) is 21.0 Å². The molecule has 21 heavy (non-hydrogen) atoms. The van der Waals surface area contributed by atoms with Crippen molar-refractivity contribution in [1.29, 1.82) is 0 Å². The summed E-state index contributed by atoms with van der Waals surface area (Å²) in [5.74, 6) is -0.493. The van der Waals surface area contributed by atoms with Crippen molar-refractivity contribution in [3.63, 3.8) is 0 Å². The largest absolute Gasteiger partial charge is 0.398 e. The van der Waals surface area contributed by atoms with E-state index in [9.17, 15) is 17.9 Å². The third-order valence-corrected chi connectivity index (χ3v) is 6.41. The van der Waals surface area contributed by atoms with Crippen molar-refractivity contribution in [2.45, 2.75) is 30.8 Å². The van der Waals surface area contributed by atoms with E-state index in [4.69, 9.17) is 5.73 Å². The fourth-order valence-corrected chi connectivity index (χ4v) is 4.59. The smallest absolute Gasteiger partial charge is 0.245 e. The number of hydrogen-bond acceptors (Lipinski definition) is 4. The van der Waals surface area contributed by atoms with Crippen molar-refractivity contribution >= 4 is 31.6 Å². The van der Waals surface area contributed by atoms with E-state index in [0.717, 1.165) is 6.07 Å². The van der Waals surface area contributed by atoms with Crippen LogP contribution < -0.4 is 5.73 Å². The van der Waals surface area contributed by atoms with Gasteiger partial charge in [-0.1, -0.05) is 0 Å². The second-order valence-corrected chi connectivity index (χ2v) is 8.05. The molecule has 0 amide bonds. The van der Waals surface area contributed by atoms with Gasteiger partial charge in [0.2, 0.25) is 10.0 Å². The van der Waals surface area contributed by atoms with Crippen LogP contribution in [0.15, 0.2) is 21.5 Å². The molecule has 1 aliphatic rings. The average Bonchev–Trinajstić information content (AvgIpc) is 2.42. The molecule has 2 rings (SSSR count). The van der Waals surface area contributed by atoms with Gasteiger partial charge in [0.25, 0.3) is 0 Å². The van der Waals surface area contributed by atoms with Gasteiger partial charge in [0.15, 0.2) is 0 Å². The summed E-state index contributed by atoms with van der Waals surface area (Å²) in [4.78, 5) is -0.0914. The first-order valence-corrected chi connectivity index (χ1v) is 8.89. The molecule has 0 aromatic heterocycles. The zero-order valence-electron chi connectivity index (χ0n) is 11.6. The summed E-state index contributed by atoms with van der Waals surface area (Å²) in [7, 11) is -3.75. The zero-order valence-corrected chi connectivity index (χ0v) is 14.0. The number of halogens is 2. The third kappa shape index (κ3) is 3.39. The fourth-order valence-electron chi connectivity index (χ4n) is 2.50. The van der Waals surface area contributed by atoms with Crippen molar-refractivity contribution in [1.82, 2.24) is 4.31 Å². The van der Waals surface area contributed by atoms with Gasteiger partial charge in [-0.15, -0.1) is 0 Å². The van der Waals surface area contributed by atoms with E-state index in [1.54, 1.807) is 6.92 Å². The van der Waals surface area contributed by atoms with Crippen LogP contribution in [0, 0.1) is 11.7 Å². The maximum absolute atomic E-state index is 13.4. The quantitative estimate of drug-likeness (QED) is 0.784. The lowest BCUT2D eigenvalue weighted by Gasteiger charge is -2.32. The minimum absolute atomic E-state index is 0.0640. The molecule has 1 atom stereocenters. The van der Waals surface area contributed by atoms with Gasteiger partial charge in [0.05, 0.1) is 16.3 Å². The predicted molar refractivity (Wildman–Crippen MR) is 81.7 cm³/mol. The number of rotatable bonds is 3. The molecule has 1 saturated heterocycles. The first-order chi connectivity index (χ1) is 9.73. The van der Waals surface area contributed by atoms with Crippen molar-refractivity contribution in [3.8, 4) is 0 Å². The Kier molecular flexibility index (Phi) is 4.92. The maximum Gasteiger partial charge on any atom is 0.245 e. The van der Waals surface area contributed by atoms with Gasteiger partial charge in [-0.3, -0.25) is 0 Å². The lowest BCUT2D eigenvalue weighted by molar-refractivity contribution is 0.0912. The summed E-state index contributed by atoms with van der Waals surface area (Å²) >= 11 is 2.98. The summed E-state index contributed by atoms with van der Waals surface area (Å²) in [5, 5.41) is 9.56. The lowest BCUT2D eigenvalue weighted by atomic mass is 9.93. The monoisotopic (exact) mass is 380 g/mol. The molecule has 1 aliphatic heterocycles. The highest BCUT2D eigenvalue weighted by molar-refractivity contribution is 9.10. The van der Waals surface area contributed by atoms with Crippen LogP contribution in [0.4, 0.5) is 10.1 Å². The van der Waals surface area contributed by atoms with Gasteiger partial charge in [-0.2, -0.15) is 4.31 Å². The summed E-state index contributed by atoms with van der Waals surface area (Å²) in [6, 6.07) is 2.19. The Hall–Kier alpha value is -0.700. The van der Waals surface area contributed by atoms with Gasteiger partial charge in [-0.25, -0.2) is 12.8 Å². The molecule has 0 spiro atoms. The molecule has 0 radical (unpaired) electrons. The summed E-state index contributed by atoms with van der Waals surface area (Å²) in [5.41, 5.74) is 5.55. The van der Waals surface area contributed by atoms with E-state index in [1.807, 2.05) is 0 Å². The van der Waals surface area contributed by atoms with Gasteiger partial charge in [0.1, 0.15) is 10.7 Å². The number of nitrogens with two attached hydrogens (primary N) is 1. The van der Waals surface area contributed by atoms with Crippen LogP contribution in [-0.4, -0.2) is 37.0 Å². The van der Waals surface area contributed by atoms with Crippen molar-refractivity contribution in [3.05, 3.63) is 22.4 Å². The summed E-state index contributed by atoms with van der Waals surface area (Å²) in [6.45, 7) is 2.36. The third-order valence-electron chi connectivity index (χ3n) is 3.85. The molecule has 0 saturated carbocycles. The second-order valence-electron chi connectivity index (χ2n) is 5.29. The Labute approximate surface area is 132 Å². The number of nitrogens with zero attached hydrogens (tertiary/aromatic N) is 1. The van der Waals surface area contributed by atoms with Crippen LogP contribution in [0.25, 0.3) is 0 Å². The Morgan fingerprint density at radius 1 is 1.43 bits per heavy atom. The first-order valence-electron chi connectivity index (χ1n) is 6.66. The normalized spacial score (nSPS) is 19.6. The van der Waals surface area contributed by atoms with Crippen molar-refractivity contribution in [2.24, 2.45) is 5.92 Å². The number of nitrogen functional groups attached to an aromatic ring is 1. The van der Waals surface area contributed by atoms with E-state index >= 15 is 0 Å². The predicted octanol–water partition coefficient (Wildman–Crippen LogP) is 1.95. The minimum Gasteiger partial charge on any atom is -0.398 e. The molecule has 0 aliphatic carbocycles. The number of aliphatic hydroxyl groups excluding tert-OH is 1. The van der Waals surface area contributed by atoms with Gasteiger partial charge < -0.3 is 10.8 Å². The molecule has 1 fully saturated rings. The SMILES string of the molecule is CC(O)C1CCN(S(=O)(=O)c2cc(Br)c(F)cc2N)CC1. The molecular formula is C13H18BrFN2O3S. The highest BCUT2D eigenvalue weighted by Crippen LogP contribution is 2.31. The Morgan fingerprint density at radius 3 is 2.52 bits per heavy atom. The molecule has 1 unspecified atom stereocenters. The van der Waals surface area contributed by atoms with E-state index < -0.39 is 21.9 Å². The van der Waals surface area contributed by atoms with E-state index in [2.05, 4.69) is 15.9 Å². The minimum atomic E-state index is -3.75. The highest BCUT2D eigenvalue weighted by Gasteiger charge is 2.32. The Bertz CT molecular complexity index is 629. The van der Waals surface area contributed by atoms with Crippen LogP contribution in [0.2, 0.25) is 0 Å². The maximum atomic E-state index is 13.4. The number of benzene rings is 1. The lowest BCUT2D eigenvalue weighted by Crippen LogP contribution is -2.40. The molecular weight excluding hydrogens is 363 g/mol. The number of piperidine rings is 1. The van der Waals surface area contributed by atoms with E-state index in [0.29, 0.717) is 25.9 Å². The highest BCUT2D eigenvalue weighted by atomic mass is 79.9. The molecule has 5 nitrogen and oxygen atoms in total. The second kappa shape index (κ2) is 6.20. The molecule has 1 aromatic carbocycles. The topological polar surface area (TPSA) is 83.6 Å². The fraction of sp³-hybridized carbons (Fsp3) is 0.538. The Balaban J connectivity index is 2.26. The molecule has 3 N–H and O–H groups in total.